The van der Waals surface area contributed by atoms with Gasteiger partial charge in [-0.3, -0.25) is 0 Å². The monoisotopic (exact) mass is 325 g/mol. The van der Waals surface area contributed by atoms with Crippen LogP contribution in [-0.2, 0) is 0 Å². The Labute approximate surface area is 120 Å². The molecule has 0 amide bonds. The van der Waals surface area contributed by atoms with Gasteiger partial charge < -0.3 is 10.3 Å². The molecule has 0 spiro atoms. The Kier molecular flexibility index (Phi) is 2.85. The van der Waals surface area contributed by atoms with E-state index in [1.807, 2.05) is 4.57 Å². The summed E-state index contributed by atoms with van der Waals surface area (Å²) in [5.74, 6) is 0.209. The Morgan fingerprint density at radius 2 is 2.21 bits per heavy atom. The SMILES string of the molecule is CC1(C)CCC(n2c(N)nc3cc(Br)c(F)cc32)C1. The van der Waals surface area contributed by atoms with E-state index in [1.54, 1.807) is 6.07 Å². The van der Waals surface area contributed by atoms with Crippen molar-refractivity contribution in [3.05, 3.63) is 22.4 Å². The summed E-state index contributed by atoms with van der Waals surface area (Å²) in [6.07, 6.45) is 3.29. The van der Waals surface area contributed by atoms with Crippen molar-refractivity contribution in [2.75, 3.05) is 5.73 Å². The molecule has 2 N–H and O–H groups in total. The van der Waals surface area contributed by atoms with Crippen molar-refractivity contribution in [2.24, 2.45) is 5.41 Å². The highest BCUT2D eigenvalue weighted by atomic mass is 79.9. The van der Waals surface area contributed by atoms with Crippen molar-refractivity contribution in [3.63, 3.8) is 0 Å². The van der Waals surface area contributed by atoms with E-state index in [0.717, 1.165) is 30.3 Å². The highest BCUT2D eigenvalue weighted by Gasteiger charge is 2.33. The van der Waals surface area contributed by atoms with Crippen molar-refractivity contribution < 1.29 is 4.39 Å². The second-order valence-electron chi connectivity index (χ2n) is 6.16. The maximum absolute atomic E-state index is 13.7. The predicted octanol–water partition coefficient (Wildman–Crippen LogP) is 4.27. The van der Waals surface area contributed by atoms with E-state index in [2.05, 4.69) is 34.8 Å². The van der Waals surface area contributed by atoms with Crippen LogP contribution in [0.2, 0.25) is 0 Å². The van der Waals surface area contributed by atoms with E-state index in [0.29, 0.717) is 21.9 Å². The van der Waals surface area contributed by atoms with Gasteiger partial charge in [0.15, 0.2) is 0 Å². The third-order valence-corrected chi connectivity index (χ3v) is 4.67. The lowest BCUT2D eigenvalue weighted by molar-refractivity contribution is 0.361. The molecule has 1 aromatic carbocycles. The number of anilines is 1. The van der Waals surface area contributed by atoms with Gasteiger partial charge in [-0.05, 0) is 46.7 Å². The summed E-state index contributed by atoms with van der Waals surface area (Å²) in [6, 6.07) is 3.53. The zero-order valence-electron chi connectivity index (χ0n) is 11.1. The summed E-state index contributed by atoms with van der Waals surface area (Å²) < 4.78 is 16.2. The molecule has 1 fully saturated rings. The number of hydrogen-bond acceptors (Lipinski definition) is 2. The third kappa shape index (κ3) is 2.14. The summed E-state index contributed by atoms with van der Waals surface area (Å²) in [7, 11) is 0. The van der Waals surface area contributed by atoms with E-state index >= 15 is 0 Å². The smallest absolute Gasteiger partial charge is 0.201 e. The maximum Gasteiger partial charge on any atom is 0.201 e. The first-order valence-electron chi connectivity index (χ1n) is 6.50. The lowest BCUT2D eigenvalue weighted by atomic mass is 9.92. The molecule has 19 heavy (non-hydrogen) atoms. The van der Waals surface area contributed by atoms with Crippen LogP contribution in [0.5, 0.6) is 0 Å². The molecule has 1 aliphatic rings. The van der Waals surface area contributed by atoms with Gasteiger partial charge in [0.1, 0.15) is 5.82 Å². The largest absolute Gasteiger partial charge is 0.369 e. The van der Waals surface area contributed by atoms with Gasteiger partial charge in [-0.15, -0.1) is 0 Å². The molecule has 3 nitrogen and oxygen atoms in total. The fourth-order valence-electron chi connectivity index (χ4n) is 3.11. The molecule has 0 aliphatic heterocycles. The number of hydrogen-bond donors (Lipinski definition) is 1. The topological polar surface area (TPSA) is 43.8 Å². The molecule has 1 saturated carbocycles. The molecule has 1 heterocycles. The van der Waals surface area contributed by atoms with E-state index in [4.69, 9.17) is 5.73 Å². The van der Waals surface area contributed by atoms with Crippen molar-refractivity contribution in [1.29, 1.82) is 0 Å². The minimum Gasteiger partial charge on any atom is -0.369 e. The van der Waals surface area contributed by atoms with Crippen molar-refractivity contribution in [2.45, 2.75) is 39.2 Å². The van der Waals surface area contributed by atoms with Gasteiger partial charge >= 0.3 is 0 Å². The summed E-state index contributed by atoms with van der Waals surface area (Å²) in [4.78, 5) is 4.35. The molecule has 3 rings (SSSR count). The quantitative estimate of drug-likeness (QED) is 0.850. The van der Waals surface area contributed by atoms with Crippen LogP contribution in [-0.4, -0.2) is 9.55 Å². The summed E-state index contributed by atoms with van der Waals surface area (Å²) >= 11 is 3.19. The maximum atomic E-state index is 13.7. The van der Waals surface area contributed by atoms with Gasteiger partial charge in [-0.25, -0.2) is 9.37 Å². The van der Waals surface area contributed by atoms with Crippen molar-refractivity contribution in [1.82, 2.24) is 9.55 Å². The van der Waals surface area contributed by atoms with Crippen LogP contribution in [0.15, 0.2) is 16.6 Å². The number of nitrogen functional groups attached to an aromatic ring is 1. The first-order chi connectivity index (χ1) is 8.87. The normalized spacial score (nSPS) is 22.2. The molecular formula is C14H17BrFN3. The van der Waals surface area contributed by atoms with Crippen molar-refractivity contribution in [3.8, 4) is 0 Å². The first kappa shape index (κ1) is 12.9. The van der Waals surface area contributed by atoms with Crippen LogP contribution in [0.1, 0.15) is 39.2 Å². The Hall–Kier alpha value is -1.10. The van der Waals surface area contributed by atoms with Gasteiger partial charge in [0.05, 0.1) is 15.5 Å². The van der Waals surface area contributed by atoms with Gasteiger partial charge in [0.25, 0.3) is 0 Å². The molecule has 1 aromatic heterocycles. The van der Waals surface area contributed by atoms with Gasteiger partial charge in [0.2, 0.25) is 5.95 Å². The highest BCUT2D eigenvalue weighted by molar-refractivity contribution is 9.10. The van der Waals surface area contributed by atoms with Crippen LogP contribution in [0.3, 0.4) is 0 Å². The van der Waals surface area contributed by atoms with Crippen LogP contribution in [0.25, 0.3) is 11.0 Å². The molecule has 2 aromatic rings. The number of aromatic nitrogens is 2. The number of rotatable bonds is 1. The molecule has 0 radical (unpaired) electrons. The van der Waals surface area contributed by atoms with Crippen LogP contribution in [0.4, 0.5) is 10.3 Å². The van der Waals surface area contributed by atoms with E-state index in [9.17, 15) is 4.39 Å². The predicted molar refractivity (Wildman–Crippen MR) is 78.5 cm³/mol. The molecule has 0 bridgehead atoms. The number of nitrogens with two attached hydrogens (primary N) is 1. The zero-order valence-corrected chi connectivity index (χ0v) is 12.7. The Bertz CT molecular complexity index is 648. The molecular weight excluding hydrogens is 309 g/mol. The van der Waals surface area contributed by atoms with Gasteiger partial charge in [0, 0.05) is 12.1 Å². The molecule has 1 unspecified atom stereocenters. The average Bonchev–Trinajstić information content (AvgIpc) is 2.79. The fraction of sp³-hybridized carbons (Fsp3) is 0.500. The molecule has 1 aliphatic carbocycles. The van der Waals surface area contributed by atoms with Crippen LogP contribution < -0.4 is 5.73 Å². The lowest BCUT2D eigenvalue weighted by Gasteiger charge is -2.19. The molecule has 5 heteroatoms. The minimum atomic E-state index is -0.272. The lowest BCUT2D eigenvalue weighted by Crippen LogP contribution is -2.11. The zero-order chi connectivity index (χ0) is 13.8. The Morgan fingerprint density at radius 1 is 1.47 bits per heavy atom. The second kappa shape index (κ2) is 4.20. The van der Waals surface area contributed by atoms with E-state index < -0.39 is 0 Å². The standard InChI is InChI=1S/C14H17BrFN3/c1-14(2)4-3-8(7-14)19-12-6-10(16)9(15)5-11(12)18-13(19)17/h5-6,8H,3-4,7H2,1-2H3,(H2,17,18). The second-order valence-corrected chi connectivity index (χ2v) is 7.01. The van der Waals surface area contributed by atoms with Crippen LogP contribution in [0, 0.1) is 11.2 Å². The number of benzene rings is 1. The molecule has 102 valence electrons. The number of nitrogens with zero attached hydrogens (tertiary/aromatic N) is 2. The number of halogens is 2. The molecule has 0 saturated heterocycles. The minimum absolute atomic E-state index is 0.272. The number of imidazole rings is 1. The summed E-state index contributed by atoms with van der Waals surface area (Å²) in [5, 5.41) is 0. The summed E-state index contributed by atoms with van der Waals surface area (Å²) in [6.45, 7) is 4.53. The Morgan fingerprint density at radius 3 is 2.84 bits per heavy atom. The fourth-order valence-corrected chi connectivity index (χ4v) is 3.44. The third-order valence-electron chi connectivity index (χ3n) is 4.07. The van der Waals surface area contributed by atoms with Gasteiger partial charge in [-0.1, -0.05) is 13.8 Å². The van der Waals surface area contributed by atoms with Crippen LogP contribution >= 0.6 is 15.9 Å². The first-order valence-corrected chi connectivity index (χ1v) is 7.29. The summed E-state index contributed by atoms with van der Waals surface area (Å²) in [5.41, 5.74) is 7.90. The number of fused-ring (bicyclic) bond motifs is 1. The Balaban J connectivity index is 2.13. The van der Waals surface area contributed by atoms with E-state index in [-0.39, 0.29) is 5.82 Å². The highest BCUT2D eigenvalue weighted by Crippen LogP contribution is 2.45. The average molecular weight is 326 g/mol. The van der Waals surface area contributed by atoms with Gasteiger partial charge in [-0.2, -0.15) is 0 Å². The van der Waals surface area contributed by atoms with Crippen molar-refractivity contribution >= 4 is 32.9 Å². The van der Waals surface area contributed by atoms with E-state index in [1.165, 1.54) is 6.07 Å². The molecule has 1 atom stereocenters.